The van der Waals surface area contributed by atoms with E-state index in [4.69, 9.17) is 0 Å². The van der Waals surface area contributed by atoms with Gasteiger partial charge in [-0.3, -0.25) is 19.1 Å². The van der Waals surface area contributed by atoms with Gasteiger partial charge in [0.15, 0.2) is 5.75 Å². The number of benzene rings is 4. The monoisotopic (exact) mass is 803 g/mol. The average Bonchev–Trinajstić information content (AvgIpc) is 3.08. The molecule has 0 aliphatic rings. The molecule has 0 atom stereocenters. The number of anilines is 5. The van der Waals surface area contributed by atoms with Crippen LogP contribution in [0.25, 0.3) is 0 Å². The van der Waals surface area contributed by atoms with Crippen molar-refractivity contribution in [2.45, 2.75) is 14.7 Å². The van der Waals surface area contributed by atoms with Crippen molar-refractivity contribution in [3.05, 3.63) is 102 Å². The predicted octanol–water partition coefficient (Wildman–Crippen LogP) is 4.20. The highest BCUT2D eigenvalue weighted by Gasteiger charge is 2.21. The van der Waals surface area contributed by atoms with Gasteiger partial charge in [-0.05, 0) is 48.5 Å². The van der Waals surface area contributed by atoms with Crippen molar-refractivity contribution in [3.63, 3.8) is 0 Å². The van der Waals surface area contributed by atoms with E-state index in [0.29, 0.717) is 12.1 Å². The molecule has 5 aromatic rings. The zero-order valence-corrected chi connectivity index (χ0v) is 28.9. The van der Waals surface area contributed by atoms with Gasteiger partial charge in [0.05, 0.1) is 31.6 Å². The molecule has 4 aromatic carbocycles. The second-order valence-electron chi connectivity index (χ2n) is 10.4. The number of phenolic OH excluding ortho intramolecular Hbond substituents is 1. The van der Waals surface area contributed by atoms with E-state index in [1.165, 1.54) is 24.3 Å². The quantitative estimate of drug-likeness (QED) is 0.0219. The van der Waals surface area contributed by atoms with Crippen LogP contribution >= 0.6 is 0 Å². The molecule has 280 valence electrons. The Morgan fingerprint density at radius 2 is 1.30 bits per heavy atom. The molecule has 21 nitrogen and oxygen atoms in total. The van der Waals surface area contributed by atoms with Crippen molar-refractivity contribution >= 4 is 76.8 Å². The third-order valence-corrected chi connectivity index (χ3v) is 9.22. The summed E-state index contributed by atoms with van der Waals surface area (Å²) in [6.07, 6.45) is -1.41. The standard InChI is InChI=1S/C29H22FN9O12S3/c30-27-33-28(31-16-7-4-8-17(11-16)52(43,44)45)35-29(34-27)32-22-13-19(54(49,50)51)14-23(24(22)40)37-39-25(15-5-2-1-3-6-15)38-36-21-12-18(53(46,47)48)9-10-20(21)26(41)42/h1-14,36,40H,(H,41,42)(H,43,44,45)(H,46,47,48)(H,49,50,51)(H2,31,32,33,34,35)/b38-25+,39-37?. The van der Waals surface area contributed by atoms with Crippen molar-refractivity contribution in [2.24, 2.45) is 15.3 Å². The molecule has 0 saturated carbocycles. The summed E-state index contributed by atoms with van der Waals surface area (Å²) in [7, 11) is -14.4. The highest BCUT2D eigenvalue weighted by atomic mass is 32.2. The lowest BCUT2D eigenvalue weighted by molar-refractivity contribution is 0.0697. The number of hydrogen-bond acceptors (Lipinski definition) is 16. The van der Waals surface area contributed by atoms with Crippen LogP contribution < -0.4 is 16.1 Å². The number of nitrogens with zero attached hydrogens (tertiary/aromatic N) is 6. The second kappa shape index (κ2) is 15.2. The van der Waals surface area contributed by atoms with Crippen LogP contribution in [0.15, 0.2) is 115 Å². The maximum atomic E-state index is 14.5. The number of aromatic nitrogens is 3. The molecule has 54 heavy (non-hydrogen) atoms. The molecule has 0 amide bonds. The Hall–Kier alpha value is -6.51. The Labute approximate surface area is 303 Å². The molecule has 0 unspecified atom stereocenters. The summed E-state index contributed by atoms with van der Waals surface area (Å²) in [4.78, 5) is 20.5. The molecule has 5 rings (SSSR count). The maximum absolute atomic E-state index is 14.5. The zero-order chi connectivity index (χ0) is 39.4. The molecule has 0 aliphatic heterocycles. The number of nitrogens with one attached hydrogen (secondary N) is 3. The van der Waals surface area contributed by atoms with Crippen LogP contribution in [0.2, 0.25) is 0 Å². The first kappa shape index (κ1) is 38.7. The van der Waals surface area contributed by atoms with Crippen molar-refractivity contribution in [1.29, 1.82) is 0 Å². The fourth-order valence-electron chi connectivity index (χ4n) is 4.27. The van der Waals surface area contributed by atoms with Crippen LogP contribution in [-0.2, 0) is 30.4 Å². The van der Waals surface area contributed by atoms with E-state index in [1.54, 1.807) is 18.2 Å². The molecular formula is C29H22FN9O12S3. The van der Waals surface area contributed by atoms with Crippen LogP contribution in [0.4, 0.5) is 39.0 Å². The molecular weight excluding hydrogens is 782 g/mol. The van der Waals surface area contributed by atoms with E-state index in [9.17, 15) is 58.3 Å². The molecule has 1 heterocycles. The smallest absolute Gasteiger partial charge is 0.337 e. The van der Waals surface area contributed by atoms with Gasteiger partial charge >= 0.3 is 12.0 Å². The normalized spacial score (nSPS) is 12.4. The number of rotatable bonds is 12. The first-order valence-corrected chi connectivity index (χ1v) is 18.6. The lowest BCUT2D eigenvalue weighted by Gasteiger charge is -2.12. The number of carboxylic acids is 1. The summed E-state index contributed by atoms with van der Waals surface area (Å²) in [6.45, 7) is 0. The molecule has 0 saturated heterocycles. The molecule has 1 aromatic heterocycles. The molecule has 0 fully saturated rings. The van der Waals surface area contributed by atoms with E-state index in [2.05, 4.69) is 46.3 Å². The molecule has 0 bridgehead atoms. The van der Waals surface area contributed by atoms with Crippen LogP contribution in [0.3, 0.4) is 0 Å². The molecule has 25 heteroatoms. The van der Waals surface area contributed by atoms with Crippen molar-refractivity contribution in [1.82, 2.24) is 15.0 Å². The SMILES string of the molecule is O=C(O)c1ccc(S(=O)(=O)O)cc1N/N=C(/N=Nc1cc(S(=O)(=O)O)cc(Nc2nc(F)nc(Nc3cccc(S(=O)(=O)O)c3)n2)c1O)c1ccccc1. The molecule has 0 aliphatic carbocycles. The second-order valence-corrected chi connectivity index (χ2v) is 14.7. The van der Waals surface area contributed by atoms with Gasteiger partial charge < -0.3 is 20.8 Å². The number of halogens is 1. The molecule has 8 N–H and O–H groups in total. The van der Waals surface area contributed by atoms with Crippen LogP contribution in [0.1, 0.15) is 15.9 Å². The summed E-state index contributed by atoms with van der Waals surface area (Å²) in [6, 6.07) is 16.2. The largest absolute Gasteiger partial charge is 0.504 e. The van der Waals surface area contributed by atoms with E-state index in [-0.39, 0.29) is 17.1 Å². The lowest BCUT2D eigenvalue weighted by Crippen LogP contribution is -2.08. The minimum Gasteiger partial charge on any atom is -0.504 e. The fourth-order valence-corrected chi connectivity index (χ4v) is 5.83. The maximum Gasteiger partial charge on any atom is 0.337 e. The van der Waals surface area contributed by atoms with Gasteiger partial charge in [0.25, 0.3) is 30.4 Å². The number of amidine groups is 1. The number of azo groups is 1. The highest BCUT2D eigenvalue weighted by Crippen LogP contribution is 2.39. The summed E-state index contributed by atoms with van der Waals surface area (Å²) in [5, 5.41) is 37.2. The Morgan fingerprint density at radius 3 is 1.93 bits per heavy atom. The van der Waals surface area contributed by atoms with Crippen molar-refractivity contribution in [2.75, 3.05) is 16.1 Å². The topological polar surface area (TPSA) is 332 Å². The minimum atomic E-state index is -5.03. The Balaban J connectivity index is 1.54. The number of aromatic carboxylic acids is 1. The number of carbonyl (C=O) groups is 1. The molecule has 0 radical (unpaired) electrons. The van der Waals surface area contributed by atoms with E-state index in [1.807, 2.05) is 0 Å². The van der Waals surface area contributed by atoms with E-state index in [0.717, 1.165) is 30.3 Å². The zero-order valence-electron chi connectivity index (χ0n) is 26.5. The van der Waals surface area contributed by atoms with Gasteiger partial charge in [-0.2, -0.15) is 49.7 Å². The van der Waals surface area contributed by atoms with Crippen molar-refractivity contribution < 1.29 is 58.3 Å². The number of hydrogen-bond donors (Lipinski definition) is 8. The first-order valence-electron chi connectivity index (χ1n) is 14.3. The van der Waals surface area contributed by atoms with E-state index < -0.39 is 97.4 Å². The van der Waals surface area contributed by atoms with Crippen LogP contribution in [-0.4, -0.2) is 75.9 Å². The highest BCUT2D eigenvalue weighted by molar-refractivity contribution is 7.86. The van der Waals surface area contributed by atoms with Crippen molar-refractivity contribution in [3.8, 4) is 5.75 Å². The number of phenols is 1. The number of hydrazone groups is 1. The fraction of sp³-hybridized carbons (Fsp3) is 0. The Bertz CT molecular complexity index is 2680. The predicted molar refractivity (Wildman–Crippen MR) is 185 cm³/mol. The summed E-state index contributed by atoms with van der Waals surface area (Å²) >= 11 is 0. The van der Waals surface area contributed by atoms with Gasteiger partial charge in [-0.25, -0.2) is 4.79 Å². The van der Waals surface area contributed by atoms with Gasteiger partial charge in [0.2, 0.25) is 17.7 Å². The average molecular weight is 804 g/mol. The van der Waals surface area contributed by atoms with Gasteiger partial charge in [0.1, 0.15) is 5.69 Å². The Kier molecular flexibility index (Phi) is 10.9. The third-order valence-electron chi connectivity index (χ3n) is 6.69. The number of carboxylic acid groups (broad SMARTS) is 1. The third kappa shape index (κ3) is 9.67. The van der Waals surface area contributed by atoms with E-state index >= 15 is 0 Å². The first-order chi connectivity index (χ1) is 25.3. The Morgan fingerprint density at radius 1 is 0.685 bits per heavy atom. The number of aromatic hydroxyl groups is 1. The van der Waals surface area contributed by atoms with Gasteiger partial charge in [-0.1, -0.05) is 36.4 Å². The summed E-state index contributed by atoms with van der Waals surface area (Å²) in [5.41, 5.74) is 0.416. The van der Waals surface area contributed by atoms with Gasteiger partial charge in [0, 0.05) is 11.3 Å². The summed E-state index contributed by atoms with van der Waals surface area (Å²) < 4.78 is 114. The minimum absolute atomic E-state index is 0.0173. The summed E-state index contributed by atoms with van der Waals surface area (Å²) in [5.74, 6) is -3.90. The lowest BCUT2D eigenvalue weighted by atomic mass is 10.2. The van der Waals surface area contributed by atoms with Crippen LogP contribution in [0, 0.1) is 6.08 Å². The molecule has 0 spiro atoms. The van der Waals surface area contributed by atoms with Crippen LogP contribution in [0.5, 0.6) is 5.75 Å². The van der Waals surface area contributed by atoms with Gasteiger partial charge in [-0.15, -0.1) is 10.2 Å².